The summed E-state index contributed by atoms with van der Waals surface area (Å²) >= 11 is 0. The molecule has 8 nitrogen and oxygen atoms in total. The second-order valence-corrected chi connectivity index (χ2v) is 8.66. The van der Waals surface area contributed by atoms with Crippen LogP contribution in [0.2, 0.25) is 0 Å². The summed E-state index contributed by atoms with van der Waals surface area (Å²) in [5.41, 5.74) is 0. The van der Waals surface area contributed by atoms with E-state index in [1.165, 1.54) is 6.42 Å². The highest BCUT2D eigenvalue weighted by Crippen LogP contribution is 2.34. The van der Waals surface area contributed by atoms with Crippen LogP contribution >= 0.6 is 0 Å². The third-order valence-corrected chi connectivity index (χ3v) is 6.05. The van der Waals surface area contributed by atoms with Crippen molar-refractivity contribution in [3.05, 3.63) is 5.82 Å². The number of carbonyl (C=O) groups excluding carboxylic acids is 1. The Bertz CT molecular complexity index is 662. The van der Waals surface area contributed by atoms with E-state index in [4.69, 9.17) is 0 Å². The molecule has 2 aliphatic carbocycles. The lowest BCUT2D eigenvalue weighted by atomic mass is 9.94. The van der Waals surface area contributed by atoms with Crippen LogP contribution in [0.25, 0.3) is 0 Å². The number of rotatable bonds is 6. The van der Waals surface area contributed by atoms with Crippen LogP contribution in [-0.2, 0) is 20.4 Å². The van der Waals surface area contributed by atoms with E-state index in [9.17, 15) is 13.2 Å². The van der Waals surface area contributed by atoms with Gasteiger partial charge in [0.2, 0.25) is 5.91 Å². The van der Waals surface area contributed by atoms with Crippen LogP contribution in [0.1, 0.15) is 56.8 Å². The van der Waals surface area contributed by atoms with Crippen LogP contribution in [-0.4, -0.2) is 58.3 Å². The molecule has 2 fully saturated rings. The third kappa shape index (κ3) is 4.07. The maximum Gasteiger partial charge on any atom is 0.237 e. The molecule has 0 N–H and O–H groups in total. The highest BCUT2D eigenvalue weighted by Gasteiger charge is 2.31. The van der Waals surface area contributed by atoms with E-state index in [0.29, 0.717) is 5.82 Å². The zero-order valence-corrected chi connectivity index (χ0v) is 14.2. The van der Waals surface area contributed by atoms with Crippen molar-refractivity contribution >= 4 is 15.7 Å². The molecule has 0 aliphatic heterocycles. The molecule has 0 unspecified atom stereocenters. The standard InChI is InChI=1S/C14H23N5O3S/c1-18(11-5-3-2-4-6-11)14(20)10-23(21,22)9-13-15-16-17-19(13)12-7-8-12/h11-12H,2-10H2,1H3. The van der Waals surface area contributed by atoms with Crippen molar-refractivity contribution in [2.75, 3.05) is 12.8 Å². The van der Waals surface area contributed by atoms with E-state index < -0.39 is 15.6 Å². The van der Waals surface area contributed by atoms with Gasteiger partial charge in [0.15, 0.2) is 15.7 Å². The fraction of sp³-hybridized carbons (Fsp3) is 0.857. The Morgan fingerprint density at radius 1 is 1.22 bits per heavy atom. The maximum absolute atomic E-state index is 12.3. The van der Waals surface area contributed by atoms with E-state index in [1.54, 1.807) is 16.6 Å². The van der Waals surface area contributed by atoms with E-state index in [0.717, 1.165) is 38.5 Å². The summed E-state index contributed by atoms with van der Waals surface area (Å²) < 4.78 is 26.2. The number of amides is 1. The molecule has 9 heteroatoms. The lowest BCUT2D eigenvalue weighted by Gasteiger charge is -2.31. The Labute approximate surface area is 136 Å². The van der Waals surface area contributed by atoms with Gasteiger partial charge < -0.3 is 4.90 Å². The predicted molar refractivity (Wildman–Crippen MR) is 83.2 cm³/mol. The minimum Gasteiger partial charge on any atom is -0.342 e. The lowest BCUT2D eigenvalue weighted by Crippen LogP contribution is -2.41. The van der Waals surface area contributed by atoms with Crippen molar-refractivity contribution in [3.8, 4) is 0 Å². The number of sulfone groups is 1. The number of nitrogens with zero attached hydrogens (tertiary/aromatic N) is 5. The molecule has 23 heavy (non-hydrogen) atoms. The number of hydrogen-bond acceptors (Lipinski definition) is 6. The Hall–Kier alpha value is -1.51. The van der Waals surface area contributed by atoms with Gasteiger partial charge in [-0.1, -0.05) is 19.3 Å². The van der Waals surface area contributed by atoms with E-state index >= 15 is 0 Å². The molecule has 0 atom stereocenters. The first kappa shape index (κ1) is 16.4. The summed E-state index contributed by atoms with van der Waals surface area (Å²) in [6.07, 6.45) is 7.27. The predicted octanol–water partition coefficient (Wildman–Crippen LogP) is 0.714. The Balaban J connectivity index is 1.61. The first-order valence-corrected chi connectivity index (χ1v) is 10.0. The molecule has 1 aromatic rings. The monoisotopic (exact) mass is 341 g/mol. The Kier molecular flexibility index (Phi) is 4.65. The lowest BCUT2D eigenvalue weighted by molar-refractivity contribution is -0.129. The fourth-order valence-electron chi connectivity index (χ4n) is 3.12. The van der Waals surface area contributed by atoms with Gasteiger partial charge in [0.1, 0.15) is 11.5 Å². The summed E-state index contributed by atoms with van der Waals surface area (Å²) in [4.78, 5) is 13.9. The number of hydrogen-bond donors (Lipinski definition) is 0. The van der Waals surface area contributed by atoms with Crippen LogP contribution in [0, 0.1) is 0 Å². The van der Waals surface area contributed by atoms with Gasteiger partial charge >= 0.3 is 0 Å². The summed E-state index contributed by atoms with van der Waals surface area (Å²) in [7, 11) is -1.86. The first-order chi connectivity index (χ1) is 11.0. The molecule has 3 rings (SSSR count). The molecule has 0 bridgehead atoms. The van der Waals surface area contributed by atoms with Gasteiger partial charge in [-0.2, -0.15) is 0 Å². The van der Waals surface area contributed by atoms with Gasteiger partial charge in [-0.25, -0.2) is 13.1 Å². The first-order valence-electron chi connectivity index (χ1n) is 8.19. The van der Waals surface area contributed by atoms with Crippen LogP contribution in [0.5, 0.6) is 0 Å². The van der Waals surface area contributed by atoms with Crippen LogP contribution in [0.4, 0.5) is 0 Å². The Morgan fingerprint density at radius 2 is 1.91 bits per heavy atom. The fourth-order valence-corrected chi connectivity index (χ4v) is 4.39. The molecule has 1 aromatic heterocycles. The molecule has 0 radical (unpaired) electrons. The Morgan fingerprint density at radius 3 is 2.57 bits per heavy atom. The molecule has 0 saturated heterocycles. The van der Waals surface area contributed by atoms with E-state index in [1.807, 2.05) is 0 Å². The summed E-state index contributed by atoms with van der Waals surface area (Å²) in [5.74, 6) is -0.749. The summed E-state index contributed by atoms with van der Waals surface area (Å²) in [5, 5.41) is 11.2. The highest BCUT2D eigenvalue weighted by molar-refractivity contribution is 7.91. The quantitative estimate of drug-likeness (QED) is 0.756. The van der Waals surface area contributed by atoms with Crippen molar-refractivity contribution in [1.29, 1.82) is 0 Å². The third-order valence-electron chi connectivity index (χ3n) is 4.66. The molecule has 1 heterocycles. The van der Waals surface area contributed by atoms with Crippen molar-refractivity contribution in [1.82, 2.24) is 25.1 Å². The van der Waals surface area contributed by atoms with Crippen LogP contribution in [0.15, 0.2) is 0 Å². The van der Waals surface area contributed by atoms with Gasteiger partial charge in [-0.15, -0.1) is 5.10 Å². The number of aromatic nitrogens is 4. The van der Waals surface area contributed by atoms with Gasteiger partial charge in [0, 0.05) is 13.1 Å². The summed E-state index contributed by atoms with van der Waals surface area (Å²) in [6, 6.07) is 0.388. The molecule has 128 valence electrons. The van der Waals surface area contributed by atoms with Gasteiger partial charge in [-0.05, 0) is 36.1 Å². The van der Waals surface area contributed by atoms with E-state index in [-0.39, 0.29) is 23.7 Å². The summed E-state index contributed by atoms with van der Waals surface area (Å²) in [6.45, 7) is 0. The second-order valence-electron chi connectivity index (χ2n) is 6.60. The largest absolute Gasteiger partial charge is 0.342 e. The SMILES string of the molecule is CN(C(=O)CS(=O)(=O)Cc1nnnn1C1CC1)C1CCCCC1. The van der Waals surface area contributed by atoms with Crippen LogP contribution < -0.4 is 0 Å². The number of carbonyl (C=O) groups is 1. The molecule has 2 aliphatic rings. The average Bonchev–Trinajstić information content (AvgIpc) is 3.27. The van der Waals surface area contributed by atoms with Crippen molar-refractivity contribution in [3.63, 3.8) is 0 Å². The number of tetrazole rings is 1. The van der Waals surface area contributed by atoms with Gasteiger partial charge in [-0.3, -0.25) is 4.79 Å². The maximum atomic E-state index is 12.3. The minimum atomic E-state index is -3.57. The van der Waals surface area contributed by atoms with Gasteiger partial charge in [0.05, 0.1) is 6.04 Å². The van der Waals surface area contributed by atoms with Crippen molar-refractivity contribution < 1.29 is 13.2 Å². The van der Waals surface area contributed by atoms with Crippen molar-refractivity contribution in [2.24, 2.45) is 0 Å². The zero-order chi connectivity index (χ0) is 16.4. The smallest absolute Gasteiger partial charge is 0.237 e. The second kappa shape index (κ2) is 6.54. The molecular weight excluding hydrogens is 318 g/mol. The minimum absolute atomic E-state index is 0.170. The van der Waals surface area contributed by atoms with E-state index in [2.05, 4.69) is 15.5 Å². The average molecular weight is 341 g/mol. The molecule has 0 spiro atoms. The van der Waals surface area contributed by atoms with Crippen LogP contribution in [0.3, 0.4) is 0 Å². The zero-order valence-electron chi connectivity index (χ0n) is 13.4. The molecular formula is C14H23N5O3S. The highest BCUT2D eigenvalue weighted by atomic mass is 32.2. The topological polar surface area (TPSA) is 98.1 Å². The molecule has 0 aromatic carbocycles. The molecule has 1 amide bonds. The molecule has 2 saturated carbocycles. The normalized spacial score (nSPS) is 19.7. The van der Waals surface area contributed by atoms with Crippen molar-refractivity contribution in [2.45, 2.75) is 62.8 Å². The van der Waals surface area contributed by atoms with Gasteiger partial charge in [0.25, 0.3) is 0 Å².